The van der Waals surface area contributed by atoms with Crippen molar-refractivity contribution in [1.82, 2.24) is 19.7 Å². The number of halogens is 2. The molecular weight excluding hydrogens is 399 g/mol. The summed E-state index contributed by atoms with van der Waals surface area (Å²) in [5, 5.41) is 5.83. The summed E-state index contributed by atoms with van der Waals surface area (Å²) < 4.78 is 7.08. The molecule has 0 N–H and O–H groups in total. The van der Waals surface area contributed by atoms with E-state index in [1.54, 1.807) is 35.1 Å². The highest BCUT2D eigenvalue weighted by Gasteiger charge is 2.21. The fraction of sp³-hybridized carbons (Fsp3) is 0.200. The molecule has 0 aliphatic rings. The predicted octanol–water partition coefficient (Wildman–Crippen LogP) is 5.17. The lowest BCUT2D eigenvalue weighted by molar-refractivity contribution is 0.513. The Bertz CT molecular complexity index is 1260. The summed E-state index contributed by atoms with van der Waals surface area (Å²) in [7, 11) is 0. The standard InChI is InChI=1S/C20H16Cl2N4O2/c1-10(2)15-9-16(26(25-15)18-14(22)5-4-6-23-18)19-24-17-11(3)7-12(21)8-13(17)20(27)28-19/h4-10H,1-3H3. The van der Waals surface area contributed by atoms with Crippen molar-refractivity contribution in [3.05, 3.63) is 68.3 Å². The number of aryl methyl sites for hydroxylation is 1. The maximum absolute atomic E-state index is 12.6. The van der Waals surface area contributed by atoms with Crippen molar-refractivity contribution in [3.63, 3.8) is 0 Å². The third kappa shape index (κ3) is 3.19. The van der Waals surface area contributed by atoms with E-state index in [-0.39, 0.29) is 11.8 Å². The van der Waals surface area contributed by atoms with Gasteiger partial charge in [0.2, 0.25) is 5.89 Å². The van der Waals surface area contributed by atoms with Crippen LogP contribution in [-0.2, 0) is 0 Å². The SMILES string of the molecule is Cc1cc(Cl)cc2c(=O)oc(-c3cc(C(C)C)nn3-c3ncccc3Cl)nc12. The van der Waals surface area contributed by atoms with Gasteiger partial charge in [-0.2, -0.15) is 5.10 Å². The zero-order valence-electron chi connectivity index (χ0n) is 15.4. The van der Waals surface area contributed by atoms with Crippen LogP contribution >= 0.6 is 23.2 Å². The topological polar surface area (TPSA) is 73.8 Å². The first-order valence-electron chi connectivity index (χ1n) is 8.67. The summed E-state index contributed by atoms with van der Waals surface area (Å²) in [6.07, 6.45) is 1.62. The molecule has 4 aromatic rings. The molecule has 142 valence electrons. The maximum Gasteiger partial charge on any atom is 0.347 e. The quantitative estimate of drug-likeness (QED) is 0.461. The van der Waals surface area contributed by atoms with Crippen molar-refractivity contribution in [1.29, 1.82) is 0 Å². The lowest BCUT2D eigenvalue weighted by atomic mass is 10.1. The highest BCUT2D eigenvalue weighted by atomic mass is 35.5. The molecule has 0 spiro atoms. The number of rotatable bonds is 3. The number of hydrogen-bond donors (Lipinski definition) is 0. The average molecular weight is 415 g/mol. The van der Waals surface area contributed by atoms with Crippen LogP contribution < -0.4 is 5.63 Å². The van der Waals surface area contributed by atoms with Crippen molar-refractivity contribution < 1.29 is 4.42 Å². The van der Waals surface area contributed by atoms with Gasteiger partial charge in [-0.1, -0.05) is 37.0 Å². The molecule has 0 fully saturated rings. The average Bonchev–Trinajstić information content (AvgIpc) is 3.08. The second-order valence-corrected chi connectivity index (χ2v) is 7.60. The summed E-state index contributed by atoms with van der Waals surface area (Å²) in [6, 6.07) is 8.60. The first kappa shape index (κ1) is 18.7. The number of aromatic nitrogens is 4. The second-order valence-electron chi connectivity index (χ2n) is 6.76. The molecule has 3 aromatic heterocycles. The van der Waals surface area contributed by atoms with Gasteiger partial charge < -0.3 is 4.42 Å². The number of pyridine rings is 1. The lowest BCUT2D eigenvalue weighted by Crippen LogP contribution is -2.08. The fourth-order valence-electron chi connectivity index (χ4n) is 2.94. The van der Waals surface area contributed by atoms with Gasteiger partial charge in [0.15, 0.2) is 5.82 Å². The summed E-state index contributed by atoms with van der Waals surface area (Å²) >= 11 is 12.4. The van der Waals surface area contributed by atoms with Gasteiger partial charge in [0.05, 0.1) is 21.6 Å². The van der Waals surface area contributed by atoms with Crippen LogP contribution in [0.4, 0.5) is 0 Å². The van der Waals surface area contributed by atoms with Gasteiger partial charge in [-0.3, -0.25) is 0 Å². The van der Waals surface area contributed by atoms with Crippen molar-refractivity contribution in [2.45, 2.75) is 26.7 Å². The summed E-state index contributed by atoms with van der Waals surface area (Å²) in [4.78, 5) is 21.5. The Morgan fingerprint density at radius 2 is 1.96 bits per heavy atom. The Labute approximate surface area is 170 Å². The summed E-state index contributed by atoms with van der Waals surface area (Å²) in [6.45, 7) is 5.89. The van der Waals surface area contributed by atoms with Gasteiger partial charge in [-0.15, -0.1) is 0 Å². The number of fused-ring (bicyclic) bond motifs is 1. The molecule has 0 saturated heterocycles. The molecule has 0 aliphatic heterocycles. The molecule has 3 heterocycles. The largest absolute Gasteiger partial charge is 0.401 e. The van der Waals surface area contributed by atoms with Crippen LogP contribution in [0.5, 0.6) is 0 Å². The second kappa shape index (κ2) is 7.04. The van der Waals surface area contributed by atoms with Gasteiger partial charge in [0.1, 0.15) is 5.69 Å². The number of benzene rings is 1. The molecule has 0 radical (unpaired) electrons. The normalized spacial score (nSPS) is 11.5. The molecule has 28 heavy (non-hydrogen) atoms. The van der Waals surface area contributed by atoms with Crippen LogP contribution in [0.2, 0.25) is 10.0 Å². The van der Waals surface area contributed by atoms with E-state index < -0.39 is 5.63 Å². The molecular formula is C20H16Cl2N4O2. The zero-order valence-corrected chi connectivity index (χ0v) is 16.9. The van der Waals surface area contributed by atoms with Crippen LogP contribution in [-0.4, -0.2) is 19.7 Å². The molecule has 0 atom stereocenters. The molecule has 8 heteroatoms. The van der Waals surface area contributed by atoms with Gasteiger partial charge in [-0.05, 0) is 48.7 Å². The smallest absolute Gasteiger partial charge is 0.347 e. The summed E-state index contributed by atoms with van der Waals surface area (Å²) in [5.74, 6) is 0.725. The van der Waals surface area contributed by atoms with Crippen LogP contribution in [0.3, 0.4) is 0 Å². The van der Waals surface area contributed by atoms with Crippen molar-refractivity contribution >= 4 is 34.1 Å². The molecule has 1 aromatic carbocycles. The van der Waals surface area contributed by atoms with Crippen molar-refractivity contribution in [2.75, 3.05) is 0 Å². The van der Waals surface area contributed by atoms with Crippen LogP contribution in [0.15, 0.2) is 45.7 Å². The Balaban J connectivity index is 2.02. The molecule has 0 bridgehead atoms. The highest BCUT2D eigenvalue weighted by molar-refractivity contribution is 6.32. The minimum atomic E-state index is -0.517. The Kier molecular flexibility index (Phi) is 4.69. The maximum atomic E-state index is 12.6. The predicted molar refractivity (Wildman–Crippen MR) is 109 cm³/mol. The van der Waals surface area contributed by atoms with E-state index in [1.165, 1.54) is 0 Å². The van der Waals surface area contributed by atoms with E-state index in [1.807, 2.05) is 26.8 Å². The zero-order chi connectivity index (χ0) is 20.0. The van der Waals surface area contributed by atoms with E-state index in [0.29, 0.717) is 32.5 Å². The van der Waals surface area contributed by atoms with E-state index in [9.17, 15) is 4.79 Å². The van der Waals surface area contributed by atoms with Crippen LogP contribution in [0, 0.1) is 6.92 Å². The molecule has 6 nitrogen and oxygen atoms in total. The molecule has 0 aliphatic carbocycles. The van der Waals surface area contributed by atoms with E-state index >= 15 is 0 Å². The Hall–Kier alpha value is -2.70. The lowest BCUT2D eigenvalue weighted by Gasteiger charge is -2.08. The first-order chi connectivity index (χ1) is 13.3. The fourth-order valence-corrected chi connectivity index (χ4v) is 3.42. The van der Waals surface area contributed by atoms with Crippen LogP contribution in [0.25, 0.3) is 28.3 Å². The third-order valence-corrected chi connectivity index (χ3v) is 4.88. The minimum absolute atomic E-state index is 0.143. The van der Waals surface area contributed by atoms with Crippen molar-refractivity contribution in [3.8, 4) is 17.4 Å². The van der Waals surface area contributed by atoms with Gasteiger partial charge >= 0.3 is 5.63 Å². The third-order valence-electron chi connectivity index (χ3n) is 4.37. The van der Waals surface area contributed by atoms with Gasteiger partial charge in [-0.25, -0.2) is 19.4 Å². The first-order valence-corrected chi connectivity index (χ1v) is 9.43. The van der Waals surface area contributed by atoms with E-state index in [0.717, 1.165) is 11.3 Å². The number of nitrogens with zero attached hydrogens (tertiary/aromatic N) is 4. The molecule has 0 amide bonds. The van der Waals surface area contributed by atoms with Gasteiger partial charge in [0.25, 0.3) is 0 Å². The minimum Gasteiger partial charge on any atom is -0.401 e. The summed E-state index contributed by atoms with van der Waals surface area (Å²) in [5.41, 5.74) is 2.09. The number of hydrogen-bond acceptors (Lipinski definition) is 5. The van der Waals surface area contributed by atoms with Crippen molar-refractivity contribution in [2.24, 2.45) is 0 Å². The van der Waals surface area contributed by atoms with Crippen LogP contribution in [0.1, 0.15) is 31.0 Å². The Morgan fingerprint density at radius 3 is 2.68 bits per heavy atom. The monoisotopic (exact) mass is 414 g/mol. The highest BCUT2D eigenvalue weighted by Crippen LogP contribution is 2.29. The Morgan fingerprint density at radius 1 is 1.18 bits per heavy atom. The molecule has 0 saturated carbocycles. The molecule has 0 unspecified atom stereocenters. The van der Waals surface area contributed by atoms with Gasteiger partial charge in [0, 0.05) is 11.2 Å². The van der Waals surface area contributed by atoms with E-state index in [2.05, 4.69) is 15.1 Å². The van der Waals surface area contributed by atoms with E-state index in [4.69, 9.17) is 27.6 Å². The molecule has 4 rings (SSSR count).